The number of aromatic nitrogens is 2. The molecule has 2 aromatic heterocycles. The number of likely N-dealkylation sites (tertiary alicyclic amines) is 1. The van der Waals surface area contributed by atoms with Crippen LogP contribution in [0.15, 0.2) is 16.0 Å². The van der Waals surface area contributed by atoms with Crippen LogP contribution in [0.25, 0.3) is 0 Å². The van der Waals surface area contributed by atoms with Crippen molar-refractivity contribution in [2.24, 2.45) is 0 Å². The third kappa shape index (κ3) is 3.10. The van der Waals surface area contributed by atoms with Crippen molar-refractivity contribution < 1.29 is 14.1 Å². The highest BCUT2D eigenvalue weighted by Crippen LogP contribution is 2.34. The predicted octanol–water partition coefficient (Wildman–Crippen LogP) is 2.85. The second-order valence-corrected chi connectivity index (χ2v) is 7.46. The molecule has 0 saturated carbocycles. The molecule has 4 heterocycles. The predicted molar refractivity (Wildman–Crippen MR) is 88.9 cm³/mol. The molecule has 7 heteroatoms. The summed E-state index contributed by atoms with van der Waals surface area (Å²) in [6.45, 7) is 3.97. The summed E-state index contributed by atoms with van der Waals surface area (Å²) in [7, 11) is 0. The van der Waals surface area contributed by atoms with Crippen LogP contribution in [0.1, 0.15) is 53.4 Å². The van der Waals surface area contributed by atoms with Crippen molar-refractivity contribution >= 4 is 17.2 Å². The average Bonchev–Trinajstić information content (AvgIpc) is 3.24. The van der Waals surface area contributed by atoms with Crippen molar-refractivity contribution in [2.75, 3.05) is 19.7 Å². The number of rotatable bonds is 3. The van der Waals surface area contributed by atoms with Gasteiger partial charge in [0.2, 0.25) is 11.8 Å². The number of ether oxygens (including phenoxy) is 1. The summed E-state index contributed by atoms with van der Waals surface area (Å²) >= 11 is 1.76. The number of amides is 1. The number of carbonyl (C=O) groups is 1. The van der Waals surface area contributed by atoms with Gasteiger partial charge < -0.3 is 14.2 Å². The fourth-order valence-electron chi connectivity index (χ4n) is 3.58. The monoisotopic (exact) mass is 347 g/mol. The zero-order chi connectivity index (χ0) is 16.5. The van der Waals surface area contributed by atoms with Crippen LogP contribution in [-0.4, -0.2) is 40.6 Å². The van der Waals surface area contributed by atoms with E-state index in [9.17, 15) is 4.79 Å². The van der Waals surface area contributed by atoms with E-state index in [4.69, 9.17) is 9.26 Å². The molecule has 6 nitrogen and oxygen atoms in total. The summed E-state index contributed by atoms with van der Waals surface area (Å²) in [4.78, 5) is 20.4. The van der Waals surface area contributed by atoms with Gasteiger partial charge in [0.05, 0.1) is 19.1 Å². The topological polar surface area (TPSA) is 68.5 Å². The van der Waals surface area contributed by atoms with Crippen LogP contribution in [0, 0.1) is 6.92 Å². The number of carbonyl (C=O) groups excluding carboxylic acids is 1. The Morgan fingerprint density at radius 2 is 2.42 bits per heavy atom. The van der Waals surface area contributed by atoms with E-state index in [0.29, 0.717) is 25.5 Å². The van der Waals surface area contributed by atoms with Crippen LogP contribution in [0.5, 0.6) is 0 Å². The van der Waals surface area contributed by atoms with E-state index < -0.39 is 0 Å². The highest BCUT2D eigenvalue weighted by molar-refractivity contribution is 7.10. The Morgan fingerprint density at radius 1 is 1.50 bits per heavy atom. The third-order valence-corrected chi connectivity index (χ3v) is 5.81. The fourth-order valence-corrected chi connectivity index (χ4v) is 4.49. The molecule has 2 aliphatic heterocycles. The molecule has 0 N–H and O–H groups in total. The lowest BCUT2D eigenvalue weighted by atomic mass is 9.96. The molecule has 1 fully saturated rings. The van der Waals surface area contributed by atoms with Gasteiger partial charge in [-0.25, -0.2) is 0 Å². The summed E-state index contributed by atoms with van der Waals surface area (Å²) in [5, 5.41) is 6.11. The maximum atomic E-state index is 12.8. The summed E-state index contributed by atoms with van der Waals surface area (Å²) in [5.74, 6) is 1.63. The van der Waals surface area contributed by atoms with E-state index in [1.54, 1.807) is 18.3 Å². The first-order valence-corrected chi connectivity index (χ1v) is 9.34. The van der Waals surface area contributed by atoms with Gasteiger partial charge in [-0.2, -0.15) is 4.98 Å². The van der Waals surface area contributed by atoms with Crippen LogP contribution >= 0.6 is 11.3 Å². The second-order valence-electron chi connectivity index (χ2n) is 6.46. The van der Waals surface area contributed by atoms with Crippen molar-refractivity contribution in [2.45, 2.75) is 44.6 Å². The molecule has 0 aromatic carbocycles. The van der Waals surface area contributed by atoms with E-state index in [-0.39, 0.29) is 17.9 Å². The van der Waals surface area contributed by atoms with Gasteiger partial charge in [0, 0.05) is 37.2 Å². The molecule has 0 bridgehead atoms. The van der Waals surface area contributed by atoms with Gasteiger partial charge in [0.25, 0.3) is 0 Å². The molecule has 24 heavy (non-hydrogen) atoms. The SMILES string of the molecule is Cc1nc([C@@H]2CCCN(C(=O)C[C@@H]3OCCc4sccc43)C2)no1. The van der Waals surface area contributed by atoms with Crippen LogP contribution in [0.4, 0.5) is 0 Å². The number of hydrogen-bond donors (Lipinski definition) is 0. The molecule has 4 rings (SSSR count). The first-order chi connectivity index (χ1) is 11.7. The van der Waals surface area contributed by atoms with E-state index in [1.165, 1.54) is 10.4 Å². The molecule has 0 radical (unpaired) electrons. The van der Waals surface area contributed by atoms with E-state index >= 15 is 0 Å². The smallest absolute Gasteiger partial charge is 0.225 e. The van der Waals surface area contributed by atoms with Gasteiger partial charge in [-0.05, 0) is 29.9 Å². The van der Waals surface area contributed by atoms with Crippen LogP contribution < -0.4 is 0 Å². The number of fused-ring (bicyclic) bond motifs is 1. The molecule has 2 atom stereocenters. The Bertz CT molecular complexity index is 726. The highest BCUT2D eigenvalue weighted by Gasteiger charge is 2.31. The Hall–Kier alpha value is -1.73. The lowest BCUT2D eigenvalue weighted by molar-refractivity contribution is -0.136. The lowest BCUT2D eigenvalue weighted by Gasteiger charge is -2.33. The standard InChI is InChI=1S/C17H21N3O3S/c1-11-18-17(19-23-11)12-3-2-6-20(10-12)16(21)9-14-13-5-8-24-15(13)4-7-22-14/h5,8,12,14H,2-4,6-7,9-10H2,1H3/t12-,14+/m1/s1. The molecule has 128 valence electrons. The number of hydrogen-bond acceptors (Lipinski definition) is 6. The summed E-state index contributed by atoms with van der Waals surface area (Å²) in [6.07, 6.45) is 3.25. The zero-order valence-corrected chi connectivity index (χ0v) is 14.6. The zero-order valence-electron chi connectivity index (χ0n) is 13.7. The van der Waals surface area contributed by atoms with Gasteiger partial charge in [-0.1, -0.05) is 5.16 Å². The molecule has 1 amide bonds. The van der Waals surface area contributed by atoms with Gasteiger partial charge in [-0.15, -0.1) is 11.3 Å². The minimum atomic E-state index is -0.0969. The van der Waals surface area contributed by atoms with Crippen LogP contribution in [-0.2, 0) is 16.0 Å². The van der Waals surface area contributed by atoms with Gasteiger partial charge in [-0.3, -0.25) is 4.79 Å². The minimum absolute atomic E-state index is 0.0969. The summed E-state index contributed by atoms with van der Waals surface area (Å²) in [6, 6.07) is 2.10. The van der Waals surface area contributed by atoms with Gasteiger partial charge in [0.15, 0.2) is 5.82 Å². The molecule has 2 aromatic rings. The number of thiophene rings is 1. The maximum absolute atomic E-state index is 12.8. The number of aryl methyl sites for hydroxylation is 1. The second kappa shape index (κ2) is 6.64. The molecule has 2 aliphatic rings. The molecular formula is C17H21N3O3S. The molecule has 0 aliphatic carbocycles. The normalized spacial score (nSPS) is 24.0. The summed E-state index contributed by atoms with van der Waals surface area (Å²) in [5.41, 5.74) is 1.20. The number of piperidine rings is 1. The highest BCUT2D eigenvalue weighted by atomic mass is 32.1. The number of nitrogens with zero attached hydrogens (tertiary/aromatic N) is 3. The first-order valence-electron chi connectivity index (χ1n) is 8.46. The van der Waals surface area contributed by atoms with E-state index in [2.05, 4.69) is 21.6 Å². The van der Waals surface area contributed by atoms with Crippen LogP contribution in [0.3, 0.4) is 0 Å². The van der Waals surface area contributed by atoms with Crippen molar-refractivity contribution in [1.29, 1.82) is 0 Å². The molecular weight excluding hydrogens is 326 g/mol. The first kappa shape index (κ1) is 15.8. The van der Waals surface area contributed by atoms with Gasteiger partial charge >= 0.3 is 0 Å². The van der Waals surface area contributed by atoms with Crippen LogP contribution in [0.2, 0.25) is 0 Å². The van der Waals surface area contributed by atoms with Crippen molar-refractivity contribution in [3.05, 3.63) is 33.6 Å². The Morgan fingerprint density at radius 3 is 3.25 bits per heavy atom. The largest absolute Gasteiger partial charge is 0.373 e. The fraction of sp³-hybridized carbons (Fsp3) is 0.588. The van der Waals surface area contributed by atoms with Crippen molar-refractivity contribution in [3.63, 3.8) is 0 Å². The Balaban J connectivity index is 1.42. The Labute approximate surface area is 144 Å². The molecule has 0 unspecified atom stereocenters. The minimum Gasteiger partial charge on any atom is -0.373 e. The third-order valence-electron chi connectivity index (χ3n) is 4.82. The quantitative estimate of drug-likeness (QED) is 0.854. The average molecular weight is 347 g/mol. The summed E-state index contributed by atoms with van der Waals surface area (Å²) < 4.78 is 10.9. The van der Waals surface area contributed by atoms with Crippen molar-refractivity contribution in [1.82, 2.24) is 15.0 Å². The Kier molecular flexibility index (Phi) is 4.37. The van der Waals surface area contributed by atoms with E-state index in [0.717, 1.165) is 31.6 Å². The molecule has 1 saturated heterocycles. The maximum Gasteiger partial charge on any atom is 0.225 e. The van der Waals surface area contributed by atoms with Crippen molar-refractivity contribution in [3.8, 4) is 0 Å². The van der Waals surface area contributed by atoms with E-state index in [1.807, 2.05) is 4.90 Å². The lowest BCUT2D eigenvalue weighted by Crippen LogP contribution is -2.40. The van der Waals surface area contributed by atoms with Gasteiger partial charge in [0.1, 0.15) is 0 Å². The molecule has 0 spiro atoms.